The lowest BCUT2D eigenvalue weighted by Gasteiger charge is -2.35. The molecule has 1 saturated carbocycles. The Morgan fingerprint density at radius 3 is 2.54 bits per heavy atom. The SMILES string of the molecule is CC(C)CN1CC[C@H]2Cn3c(nn(CC4CCCCC4)c(=O)c3=O)[C@H]2C1. The highest BCUT2D eigenvalue weighted by atomic mass is 16.2. The Morgan fingerprint density at radius 2 is 1.81 bits per heavy atom. The van der Waals surface area contributed by atoms with Crippen LogP contribution in [0.2, 0.25) is 0 Å². The molecule has 0 N–H and O–H groups in total. The molecule has 2 fully saturated rings. The summed E-state index contributed by atoms with van der Waals surface area (Å²) in [6.07, 6.45) is 7.16. The number of fused-ring (bicyclic) bond motifs is 3. The zero-order valence-electron chi connectivity index (χ0n) is 16.2. The van der Waals surface area contributed by atoms with Crippen molar-refractivity contribution in [2.45, 2.75) is 71.4 Å². The Balaban J connectivity index is 1.60. The minimum Gasteiger partial charge on any atom is -0.302 e. The van der Waals surface area contributed by atoms with Gasteiger partial charge < -0.3 is 4.90 Å². The Hall–Kier alpha value is -1.43. The van der Waals surface area contributed by atoms with Crippen molar-refractivity contribution >= 4 is 0 Å². The largest absolute Gasteiger partial charge is 0.332 e. The number of aromatic nitrogens is 3. The molecule has 6 heteroatoms. The lowest BCUT2D eigenvalue weighted by molar-refractivity contribution is 0.150. The summed E-state index contributed by atoms with van der Waals surface area (Å²) in [5.41, 5.74) is -0.771. The lowest BCUT2D eigenvalue weighted by atomic mass is 9.87. The van der Waals surface area contributed by atoms with Gasteiger partial charge in [-0.3, -0.25) is 14.2 Å². The minimum absolute atomic E-state index is 0.299. The molecule has 0 amide bonds. The topological polar surface area (TPSA) is 60.1 Å². The summed E-state index contributed by atoms with van der Waals surface area (Å²) >= 11 is 0. The average Bonchev–Trinajstić information content (AvgIpc) is 2.98. The summed E-state index contributed by atoms with van der Waals surface area (Å²) in [4.78, 5) is 27.8. The Bertz CT molecular complexity index is 760. The van der Waals surface area contributed by atoms with Crippen molar-refractivity contribution in [1.82, 2.24) is 19.2 Å². The van der Waals surface area contributed by atoms with Crippen LogP contribution in [0.5, 0.6) is 0 Å². The Kier molecular flexibility index (Phi) is 5.04. The van der Waals surface area contributed by atoms with E-state index in [2.05, 4.69) is 18.7 Å². The Labute approximate surface area is 155 Å². The van der Waals surface area contributed by atoms with E-state index in [1.165, 1.54) is 23.9 Å². The van der Waals surface area contributed by atoms with E-state index in [4.69, 9.17) is 5.10 Å². The summed E-state index contributed by atoms with van der Waals surface area (Å²) in [6, 6.07) is 0. The molecule has 0 radical (unpaired) electrons. The second-order valence-corrected chi connectivity index (χ2v) is 9.07. The molecular weight excluding hydrogens is 328 g/mol. The van der Waals surface area contributed by atoms with Crippen LogP contribution in [0.3, 0.4) is 0 Å². The van der Waals surface area contributed by atoms with Crippen LogP contribution in [-0.4, -0.2) is 38.9 Å². The van der Waals surface area contributed by atoms with Gasteiger partial charge in [0.1, 0.15) is 5.82 Å². The Morgan fingerprint density at radius 1 is 1.04 bits per heavy atom. The van der Waals surface area contributed by atoms with Crippen LogP contribution in [0, 0.1) is 17.8 Å². The third-order valence-electron chi connectivity index (χ3n) is 6.53. The molecule has 0 aromatic carbocycles. The molecule has 6 nitrogen and oxygen atoms in total. The van der Waals surface area contributed by atoms with Crippen LogP contribution in [0.25, 0.3) is 0 Å². The molecule has 144 valence electrons. The smallest absolute Gasteiger partial charge is 0.302 e. The molecule has 1 aliphatic carbocycles. The fourth-order valence-electron chi connectivity index (χ4n) is 5.24. The number of hydrogen-bond acceptors (Lipinski definition) is 4. The highest BCUT2D eigenvalue weighted by molar-refractivity contribution is 5.09. The zero-order valence-corrected chi connectivity index (χ0v) is 16.2. The molecule has 1 aromatic heterocycles. The summed E-state index contributed by atoms with van der Waals surface area (Å²) in [7, 11) is 0. The maximum absolute atomic E-state index is 12.7. The van der Waals surface area contributed by atoms with Gasteiger partial charge in [-0.1, -0.05) is 33.1 Å². The van der Waals surface area contributed by atoms with Gasteiger partial charge in [0.05, 0.1) is 0 Å². The van der Waals surface area contributed by atoms with Crippen molar-refractivity contribution in [3.05, 3.63) is 26.5 Å². The molecular formula is C20H32N4O2. The van der Waals surface area contributed by atoms with Gasteiger partial charge in [0.15, 0.2) is 0 Å². The fourth-order valence-corrected chi connectivity index (χ4v) is 5.24. The molecule has 2 aliphatic heterocycles. The van der Waals surface area contributed by atoms with E-state index in [9.17, 15) is 9.59 Å². The summed E-state index contributed by atoms with van der Waals surface area (Å²) in [6.45, 7) is 8.95. The molecule has 0 unspecified atom stereocenters. The third-order valence-corrected chi connectivity index (χ3v) is 6.53. The van der Waals surface area contributed by atoms with Gasteiger partial charge in [-0.15, -0.1) is 0 Å². The van der Waals surface area contributed by atoms with Crippen molar-refractivity contribution < 1.29 is 0 Å². The molecule has 26 heavy (non-hydrogen) atoms. The second-order valence-electron chi connectivity index (χ2n) is 9.07. The first-order chi connectivity index (χ1) is 12.5. The predicted molar refractivity (Wildman–Crippen MR) is 101 cm³/mol. The first kappa shape index (κ1) is 18.0. The molecule has 3 heterocycles. The standard InChI is InChI=1S/C20H32N4O2/c1-14(2)10-22-9-8-16-12-23-18(17(16)13-22)21-24(20(26)19(23)25)11-15-6-4-3-5-7-15/h14-17H,3-13H2,1-2H3/t16-,17-/m0/s1. The van der Waals surface area contributed by atoms with Crippen LogP contribution in [-0.2, 0) is 13.1 Å². The van der Waals surface area contributed by atoms with E-state index in [-0.39, 0.29) is 5.56 Å². The highest BCUT2D eigenvalue weighted by Gasteiger charge is 2.40. The number of nitrogens with zero attached hydrogens (tertiary/aromatic N) is 4. The van der Waals surface area contributed by atoms with E-state index in [0.717, 1.165) is 44.7 Å². The molecule has 0 spiro atoms. The molecule has 1 aromatic rings. The first-order valence-corrected chi connectivity index (χ1v) is 10.5. The summed E-state index contributed by atoms with van der Waals surface area (Å²) in [5, 5.41) is 4.75. The fraction of sp³-hybridized carbons (Fsp3) is 0.850. The van der Waals surface area contributed by atoms with E-state index >= 15 is 0 Å². The van der Waals surface area contributed by atoms with Crippen molar-refractivity contribution in [2.75, 3.05) is 19.6 Å². The number of hydrogen-bond donors (Lipinski definition) is 0. The van der Waals surface area contributed by atoms with E-state index in [0.29, 0.717) is 36.8 Å². The van der Waals surface area contributed by atoms with Gasteiger partial charge >= 0.3 is 11.1 Å². The summed E-state index contributed by atoms with van der Waals surface area (Å²) in [5.74, 6) is 2.77. The lowest BCUT2D eigenvalue weighted by Crippen LogP contribution is -2.44. The average molecular weight is 361 g/mol. The molecule has 0 bridgehead atoms. The van der Waals surface area contributed by atoms with Gasteiger partial charge in [-0.2, -0.15) is 5.10 Å². The van der Waals surface area contributed by atoms with Gasteiger partial charge in [0.25, 0.3) is 0 Å². The van der Waals surface area contributed by atoms with Gasteiger partial charge in [0, 0.05) is 32.1 Å². The predicted octanol–water partition coefficient (Wildman–Crippen LogP) is 2.06. The molecule has 1 saturated heterocycles. The second kappa shape index (κ2) is 7.29. The first-order valence-electron chi connectivity index (χ1n) is 10.5. The number of piperidine rings is 1. The molecule has 2 atom stereocenters. The molecule has 3 aliphatic rings. The molecule has 4 rings (SSSR count). The van der Waals surface area contributed by atoms with Crippen LogP contribution < -0.4 is 11.1 Å². The van der Waals surface area contributed by atoms with Crippen molar-refractivity contribution in [3.8, 4) is 0 Å². The summed E-state index contributed by atoms with van der Waals surface area (Å²) < 4.78 is 3.20. The normalized spacial score (nSPS) is 26.9. The van der Waals surface area contributed by atoms with Crippen LogP contribution in [0.4, 0.5) is 0 Å². The quantitative estimate of drug-likeness (QED) is 0.771. The zero-order chi connectivity index (χ0) is 18.3. The minimum atomic E-state index is -0.419. The van der Waals surface area contributed by atoms with Gasteiger partial charge in [0.2, 0.25) is 0 Å². The van der Waals surface area contributed by atoms with Gasteiger partial charge in [-0.05, 0) is 43.6 Å². The maximum Gasteiger partial charge on any atom is 0.332 e. The highest BCUT2D eigenvalue weighted by Crippen LogP contribution is 2.37. The third kappa shape index (κ3) is 3.40. The maximum atomic E-state index is 12.7. The van der Waals surface area contributed by atoms with Crippen LogP contribution >= 0.6 is 0 Å². The van der Waals surface area contributed by atoms with E-state index < -0.39 is 5.56 Å². The monoisotopic (exact) mass is 360 g/mol. The van der Waals surface area contributed by atoms with Crippen molar-refractivity contribution in [1.29, 1.82) is 0 Å². The van der Waals surface area contributed by atoms with Gasteiger partial charge in [-0.25, -0.2) is 4.68 Å². The number of likely N-dealkylation sites (tertiary alicyclic amines) is 1. The van der Waals surface area contributed by atoms with E-state index in [1.807, 2.05) is 0 Å². The van der Waals surface area contributed by atoms with Crippen molar-refractivity contribution in [2.24, 2.45) is 17.8 Å². The van der Waals surface area contributed by atoms with Crippen LogP contribution in [0.1, 0.15) is 64.1 Å². The van der Waals surface area contributed by atoms with E-state index in [1.54, 1.807) is 4.57 Å². The van der Waals surface area contributed by atoms with Crippen LogP contribution in [0.15, 0.2) is 9.59 Å². The van der Waals surface area contributed by atoms with Crippen molar-refractivity contribution in [3.63, 3.8) is 0 Å². The number of rotatable bonds is 4.